The first-order valence-electron chi connectivity index (χ1n) is 11.8. The van der Waals surface area contributed by atoms with Gasteiger partial charge in [-0.1, -0.05) is 44.2 Å². The number of piperazine rings is 1. The van der Waals surface area contributed by atoms with Crippen LogP contribution in [0.15, 0.2) is 35.3 Å². The fourth-order valence-electron chi connectivity index (χ4n) is 3.73. The number of nitrogens with one attached hydrogen (secondary N) is 2. The van der Waals surface area contributed by atoms with Crippen molar-refractivity contribution in [3.8, 4) is 0 Å². The fraction of sp³-hybridized carbons (Fsp3) is 0.708. The van der Waals surface area contributed by atoms with E-state index in [0.717, 1.165) is 45.2 Å². The molecule has 0 spiro atoms. The Bertz CT molecular complexity index is 587. The van der Waals surface area contributed by atoms with Crippen LogP contribution in [-0.4, -0.2) is 81.3 Å². The molecular formula is C24H43N5O. The van der Waals surface area contributed by atoms with Crippen molar-refractivity contribution in [3.63, 3.8) is 0 Å². The van der Waals surface area contributed by atoms with Gasteiger partial charge in [0.1, 0.15) is 0 Å². The van der Waals surface area contributed by atoms with Crippen LogP contribution < -0.4 is 10.6 Å². The van der Waals surface area contributed by atoms with Crippen LogP contribution in [0.25, 0.3) is 0 Å². The Labute approximate surface area is 184 Å². The molecule has 1 saturated heterocycles. The van der Waals surface area contributed by atoms with Gasteiger partial charge in [0.05, 0.1) is 6.10 Å². The van der Waals surface area contributed by atoms with Gasteiger partial charge in [0.2, 0.25) is 0 Å². The zero-order chi connectivity index (χ0) is 21.6. The third-order valence-electron chi connectivity index (χ3n) is 5.64. The minimum absolute atomic E-state index is 0.133. The normalized spacial score (nSPS) is 18.2. The van der Waals surface area contributed by atoms with Crippen molar-refractivity contribution < 1.29 is 4.74 Å². The van der Waals surface area contributed by atoms with Crippen molar-refractivity contribution in [1.29, 1.82) is 0 Å². The molecule has 1 aliphatic heterocycles. The minimum atomic E-state index is 0.133. The monoisotopic (exact) mass is 417 g/mol. The van der Waals surface area contributed by atoms with Crippen molar-refractivity contribution in [2.24, 2.45) is 10.9 Å². The van der Waals surface area contributed by atoms with Gasteiger partial charge in [-0.05, 0) is 38.3 Å². The third kappa shape index (κ3) is 9.45. The van der Waals surface area contributed by atoms with Crippen LogP contribution in [0, 0.1) is 5.92 Å². The van der Waals surface area contributed by atoms with E-state index in [0.29, 0.717) is 5.92 Å². The highest BCUT2D eigenvalue weighted by molar-refractivity contribution is 5.79. The van der Waals surface area contributed by atoms with E-state index >= 15 is 0 Å². The van der Waals surface area contributed by atoms with Crippen LogP contribution in [-0.2, 0) is 4.74 Å². The molecule has 1 aliphatic rings. The zero-order valence-corrected chi connectivity index (χ0v) is 19.6. The predicted octanol–water partition coefficient (Wildman–Crippen LogP) is 2.98. The molecule has 1 aromatic carbocycles. The van der Waals surface area contributed by atoms with E-state index in [1.165, 1.54) is 38.3 Å². The number of benzene rings is 1. The Morgan fingerprint density at radius 1 is 1.03 bits per heavy atom. The molecule has 2 atom stereocenters. The van der Waals surface area contributed by atoms with Crippen LogP contribution in [0.3, 0.4) is 0 Å². The first-order chi connectivity index (χ1) is 14.6. The van der Waals surface area contributed by atoms with Gasteiger partial charge < -0.3 is 25.2 Å². The largest absolute Gasteiger partial charge is 0.374 e. The smallest absolute Gasteiger partial charge is 0.191 e. The molecule has 0 aliphatic carbocycles. The summed E-state index contributed by atoms with van der Waals surface area (Å²) in [6.07, 6.45) is 1.09. The summed E-state index contributed by atoms with van der Waals surface area (Å²) in [6.45, 7) is 19.2. The lowest BCUT2D eigenvalue weighted by Crippen LogP contribution is -2.47. The lowest BCUT2D eigenvalue weighted by atomic mass is 10.1. The molecule has 2 unspecified atom stereocenters. The number of nitrogens with zero attached hydrogens (tertiary/aromatic N) is 3. The summed E-state index contributed by atoms with van der Waals surface area (Å²) in [4.78, 5) is 9.91. The molecule has 0 radical (unpaired) electrons. The molecule has 2 N–H and O–H groups in total. The second-order valence-corrected chi connectivity index (χ2v) is 8.26. The van der Waals surface area contributed by atoms with Gasteiger partial charge in [-0.3, -0.25) is 4.99 Å². The number of hydrogen-bond donors (Lipinski definition) is 2. The minimum Gasteiger partial charge on any atom is -0.374 e. The Morgan fingerprint density at radius 3 is 2.40 bits per heavy atom. The van der Waals surface area contributed by atoms with Gasteiger partial charge in [-0.15, -0.1) is 0 Å². The second-order valence-electron chi connectivity index (χ2n) is 8.26. The Hall–Kier alpha value is -1.63. The molecule has 6 heteroatoms. The molecule has 0 aromatic heterocycles. The third-order valence-corrected chi connectivity index (χ3v) is 5.64. The number of hydrogen-bond acceptors (Lipinski definition) is 4. The average Bonchev–Trinajstić information content (AvgIpc) is 2.78. The topological polar surface area (TPSA) is 52.1 Å². The summed E-state index contributed by atoms with van der Waals surface area (Å²) < 4.78 is 5.96. The fourth-order valence-corrected chi connectivity index (χ4v) is 3.73. The summed E-state index contributed by atoms with van der Waals surface area (Å²) in [6, 6.07) is 10.4. The summed E-state index contributed by atoms with van der Waals surface area (Å²) in [5.74, 6) is 1.47. The van der Waals surface area contributed by atoms with E-state index in [1.54, 1.807) is 0 Å². The predicted molar refractivity (Wildman–Crippen MR) is 127 cm³/mol. The van der Waals surface area contributed by atoms with Crippen molar-refractivity contribution in [2.45, 2.75) is 40.2 Å². The quantitative estimate of drug-likeness (QED) is 0.311. The van der Waals surface area contributed by atoms with Gasteiger partial charge in [0, 0.05) is 59.0 Å². The van der Waals surface area contributed by atoms with Crippen molar-refractivity contribution in [1.82, 2.24) is 20.4 Å². The Balaban J connectivity index is 1.63. The molecule has 0 amide bonds. The lowest BCUT2D eigenvalue weighted by Gasteiger charge is -2.35. The summed E-state index contributed by atoms with van der Waals surface area (Å²) in [5.41, 5.74) is 1.23. The van der Waals surface area contributed by atoms with Crippen LogP contribution in [0.2, 0.25) is 0 Å². The second kappa shape index (κ2) is 14.4. The molecule has 170 valence electrons. The maximum Gasteiger partial charge on any atom is 0.191 e. The molecule has 1 heterocycles. The maximum atomic E-state index is 5.96. The molecule has 1 aromatic rings. The van der Waals surface area contributed by atoms with E-state index in [4.69, 9.17) is 9.73 Å². The number of ether oxygens (including phenoxy) is 1. The molecular weight excluding hydrogens is 374 g/mol. The van der Waals surface area contributed by atoms with E-state index in [-0.39, 0.29) is 6.10 Å². The Kier molecular flexibility index (Phi) is 11.8. The van der Waals surface area contributed by atoms with Crippen molar-refractivity contribution in [2.75, 3.05) is 65.5 Å². The first kappa shape index (κ1) is 24.6. The molecule has 2 rings (SSSR count). The number of aliphatic imine (C=N–C) groups is 1. The van der Waals surface area contributed by atoms with Gasteiger partial charge in [-0.25, -0.2) is 0 Å². The molecule has 0 bridgehead atoms. The van der Waals surface area contributed by atoms with Crippen molar-refractivity contribution >= 4 is 5.96 Å². The van der Waals surface area contributed by atoms with Crippen LogP contribution >= 0.6 is 0 Å². The molecule has 1 fully saturated rings. The molecule has 0 saturated carbocycles. The summed E-state index contributed by atoms with van der Waals surface area (Å²) in [5, 5.41) is 6.80. The maximum absolute atomic E-state index is 5.96. The van der Waals surface area contributed by atoms with E-state index in [9.17, 15) is 0 Å². The van der Waals surface area contributed by atoms with Gasteiger partial charge >= 0.3 is 0 Å². The van der Waals surface area contributed by atoms with Gasteiger partial charge in [-0.2, -0.15) is 0 Å². The van der Waals surface area contributed by atoms with E-state index < -0.39 is 0 Å². The first-order valence-corrected chi connectivity index (χ1v) is 11.8. The van der Waals surface area contributed by atoms with E-state index in [2.05, 4.69) is 72.4 Å². The molecule has 6 nitrogen and oxygen atoms in total. The van der Waals surface area contributed by atoms with Gasteiger partial charge in [0.25, 0.3) is 0 Å². The Morgan fingerprint density at radius 2 is 1.73 bits per heavy atom. The average molecular weight is 418 g/mol. The number of guanidine groups is 1. The number of likely N-dealkylation sites (N-methyl/N-ethyl adjacent to an activating group) is 1. The zero-order valence-electron chi connectivity index (χ0n) is 19.6. The van der Waals surface area contributed by atoms with Crippen LogP contribution in [0.1, 0.15) is 45.8 Å². The highest BCUT2D eigenvalue weighted by Gasteiger charge is 2.17. The SMILES string of the molecule is CCNC(=NCC(C)CN1CCN(CC)CC1)NCCCOC(C)c1ccccc1. The van der Waals surface area contributed by atoms with Crippen LogP contribution in [0.5, 0.6) is 0 Å². The lowest BCUT2D eigenvalue weighted by molar-refractivity contribution is 0.0646. The van der Waals surface area contributed by atoms with Crippen LogP contribution in [0.4, 0.5) is 0 Å². The van der Waals surface area contributed by atoms with Gasteiger partial charge in [0.15, 0.2) is 5.96 Å². The summed E-state index contributed by atoms with van der Waals surface area (Å²) in [7, 11) is 0. The molecule has 30 heavy (non-hydrogen) atoms. The number of rotatable bonds is 12. The highest BCUT2D eigenvalue weighted by Crippen LogP contribution is 2.15. The van der Waals surface area contributed by atoms with E-state index in [1.807, 2.05) is 6.07 Å². The summed E-state index contributed by atoms with van der Waals surface area (Å²) >= 11 is 0. The van der Waals surface area contributed by atoms with Crippen molar-refractivity contribution in [3.05, 3.63) is 35.9 Å². The standard InChI is InChI=1S/C24H43N5O/c1-5-25-24(26-13-10-18-30-22(4)23-11-8-7-9-12-23)27-19-21(3)20-29-16-14-28(6-2)15-17-29/h7-9,11-12,21-22H,5-6,10,13-20H2,1-4H3,(H2,25,26,27). The highest BCUT2D eigenvalue weighted by atomic mass is 16.5.